The number of nitrogens with zero attached hydrogens (tertiary/aromatic N) is 5. The summed E-state index contributed by atoms with van der Waals surface area (Å²) in [5.74, 6) is 0.639. The molecule has 0 amide bonds. The first-order chi connectivity index (χ1) is 16.8. The minimum Gasteiger partial charge on any atom is -0.375 e. The van der Waals surface area contributed by atoms with Crippen LogP contribution >= 0.6 is 23.4 Å². The van der Waals surface area contributed by atoms with Crippen LogP contribution in [-0.2, 0) is 6.54 Å². The Morgan fingerprint density at radius 3 is 2.89 bits per heavy atom. The minimum absolute atomic E-state index is 0.0166. The van der Waals surface area contributed by atoms with Gasteiger partial charge in [-0.1, -0.05) is 24.2 Å². The van der Waals surface area contributed by atoms with Gasteiger partial charge in [0.2, 0.25) is 0 Å². The van der Waals surface area contributed by atoms with E-state index in [0.717, 1.165) is 15.8 Å². The molecule has 1 aromatic heterocycles. The van der Waals surface area contributed by atoms with Crippen molar-refractivity contribution in [1.82, 2.24) is 14.5 Å². The Bertz CT molecular complexity index is 1450. The molecule has 2 aliphatic rings. The van der Waals surface area contributed by atoms with Crippen molar-refractivity contribution in [3.8, 4) is 17.2 Å². The minimum atomic E-state index is -0.725. The highest BCUT2D eigenvalue weighted by atomic mass is 35.5. The van der Waals surface area contributed by atoms with Gasteiger partial charge in [-0.3, -0.25) is 9.47 Å². The van der Waals surface area contributed by atoms with Gasteiger partial charge < -0.3 is 10.0 Å². The van der Waals surface area contributed by atoms with Gasteiger partial charge in [0.05, 0.1) is 16.1 Å². The zero-order valence-corrected chi connectivity index (χ0v) is 20.6. The summed E-state index contributed by atoms with van der Waals surface area (Å²) in [4.78, 5) is 22.4. The van der Waals surface area contributed by atoms with E-state index in [0.29, 0.717) is 53.9 Å². The number of thioether (sulfide) groups is 1. The second kappa shape index (κ2) is 9.28. The maximum absolute atomic E-state index is 14.0. The molecule has 0 radical (unpaired) electrons. The Labute approximate surface area is 211 Å². The standard InChI is InChI=1S/C25H23ClFN5O2S/c1-3-20(33)30-6-7-31(14(2)13-30)24-17-11-18(26)21(15-4-5-19(27)16(10-15)12-28)23-22(17)32(8-9-35-23)25(34)29-24/h3-5,10-11,14,20,33H,1,6-9,13H2,2H3/t14-,20?/m0/s1. The first kappa shape index (κ1) is 23.8. The third-order valence-electron chi connectivity index (χ3n) is 6.60. The quantitative estimate of drug-likeness (QED) is 0.532. The number of aryl methyl sites for hydroxylation is 1. The molecule has 1 unspecified atom stereocenters. The number of aliphatic hydroxyl groups excluding tert-OH is 1. The van der Waals surface area contributed by atoms with Crippen molar-refractivity contribution in [2.45, 2.75) is 30.6 Å². The first-order valence-electron chi connectivity index (χ1n) is 11.2. The van der Waals surface area contributed by atoms with Gasteiger partial charge in [0.1, 0.15) is 23.9 Å². The van der Waals surface area contributed by atoms with E-state index in [1.165, 1.54) is 18.2 Å². The summed E-state index contributed by atoms with van der Waals surface area (Å²) in [6, 6.07) is 8.03. The SMILES string of the molecule is C=CC(O)N1CCN(c2nc(=O)n3c4c(c(-c5ccc(F)c(C#N)c5)c(Cl)cc24)SCC3)[C@@H](C)C1. The van der Waals surface area contributed by atoms with Crippen LogP contribution in [0.5, 0.6) is 0 Å². The van der Waals surface area contributed by atoms with Crippen LogP contribution in [0.2, 0.25) is 5.02 Å². The van der Waals surface area contributed by atoms with Crippen molar-refractivity contribution in [2.24, 2.45) is 0 Å². The van der Waals surface area contributed by atoms with Gasteiger partial charge in [-0.15, -0.1) is 11.8 Å². The number of benzene rings is 2. The van der Waals surface area contributed by atoms with E-state index in [9.17, 15) is 19.6 Å². The summed E-state index contributed by atoms with van der Waals surface area (Å²) in [5, 5.41) is 20.7. The maximum Gasteiger partial charge on any atom is 0.350 e. The van der Waals surface area contributed by atoms with E-state index in [1.807, 2.05) is 24.0 Å². The van der Waals surface area contributed by atoms with Crippen LogP contribution in [0.3, 0.4) is 0 Å². The smallest absolute Gasteiger partial charge is 0.350 e. The molecule has 7 nitrogen and oxygen atoms in total. The van der Waals surface area contributed by atoms with Crippen LogP contribution < -0.4 is 10.6 Å². The lowest BCUT2D eigenvalue weighted by atomic mass is 10.0. The zero-order valence-electron chi connectivity index (χ0n) is 19.0. The van der Waals surface area contributed by atoms with Crippen LogP contribution in [0, 0.1) is 17.1 Å². The molecular formula is C25H23ClFN5O2S. The Kier molecular flexibility index (Phi) is 6.32. The largest absolute Gasteiger partial charge is 0.375 e. The van der Waals surface area contributed by atoms with Crippen molar-refractivity contribution >= 4 is 40.1 Å². The van der Waals surface area contributed by atoms with E-state index >= 15 is 0 Å². The van der Waals surface area contributed by atoms with E-state index in [2.05, 4.69) is 16.5 Å². The van der Waals surface area contributed by atoms with Gasteiger partial charge in [0, 0.05) is 53.8 Å². The van der Waals surface area contributed by atoms with Crippen LogP contribution in [0.4, 0.5) is 10.2 Å². The van der Waals surface area contributed by atoms with Gasteiger partial charge in [0.15, 0.2) is 0 Å². The molecule has 1 saturated heterocycles. The maximum atomic E-state index is 14.0. The van der Waals surface area contributed by atoms with Crippen molar-refractivity contribution in [2.75, 3.05) is 30.3 Å². The normalized spacial score (nSPS) is 18.9. The molecule has 2 atom stereocenters. The fraction of sp³-hybridized carbons (Fsp3) is 0.320. The van der Waals surface area contributed by atoms with E-state index < -0.39 is 12.0 Å². The Hall–Kier alpha value is -2.90. The zero-order chi connectivity index (χ0) is 24.9. The molecule has 3 heterocycles. The lowest BCUT2D eigenvalue weighted by Gasteiger charge is -2.42. The average molecular weight is 512 g/mol. The van der Waals surface area contributed by atoms with E-state index in [4.69, 9.17) is 11.6 Å². The van der Waals surface area contributed by atoms with Crippen LogP contribution in [0.15, 0.2) is 46.6 Å². The Balaban J connectivity index is 1.70. The van der Waals surface area contributed by atoms with Gasteiger partial charge >= 0.3 is 5.69 Å². The molecule has 1 fully saturated rings. The molecule has 2 aromatic carbocycles. The number of rotatable bonds is 4. The molecule has 5 rings (SSSR count). The second-order valence-electron chi connectivity index (χ2n) is 8.67. The fourth-order valence-corrected chi connectivity index (χ4v) is 6.47. The molecule has 0 aliphatic carbocycles. The van der Waals surface area contributed by atoms with E-state index in [1.54, 1.807) is 22.4 Å². The number of halogens is 2. The monoisotopic (exact) mass is 511 g/mol. The molecular weight excluding hydrogens is 489 g/mol. The fourth-order valence-electron chi connectivity index (χ4n) is 4.89. The Morgan fingerprint density at radius 1 is 1.37 bits per heavy atom. The predicted molar refractivity (Wildman–Crippen MR) is 136 cm³/mol. The lowest BCUT2D eigenvalue weighted by Crippen LogP contribution is -2.55. The molecule has 1 N–H and O–H groups in total. The van der Waals surface area contributed by atoms with Gasteiger partial charge in [0.25, 0.3) is 0 Å². The highest BCUT2D eigenvalue weighted by Gasteiger charge is 2.31. The molecule has 35 heavy (non-hydrogen) atoms. The first-order valence-corrected chi connectivity index (χ1v) is 12.6. The topological polar surface area (TPSA) is 85.4 Å². The summed E-state index contributed by atoms with van der Waals surface area (Å²) < 4.78 is 15.7. The molecule has 3 aromatic rings. The molecule has 0 bridgehead atoms. The average Bonchev–Trinajstić information content (AvgIpc) is 2.86. The summed E-state index contributed by atoms with van der Waals surface area (Å²) in [5.41, 5.74) is 1.65. The van der Waals surface area contributed by atoms with Gasteiger partial charge in [-0.2, -0.15) is 10.2 Å². The number of hydrogen-bond donors (Lipinski definition) is 1. The number of piperazine rings is 1. The van der Waals surface area contributed by atoms with Gasteiger partial charge in [-0.05, 0) is 36.8 Å². The number of aliphatic hydroxyl groups is 1. The second-order valence-corrected chi connectivity index (χ2v) is 10.2. The molecule has 2 aliphatic heterocycles. The number of nitriles is 1. The third-order valence-corrected chi connectivity index (χ3v) is 7.97. The van der Waals surface area contributed by atoms with Gasteiger partial charge in [-0.25, -0.2) is 9.18 Å². The summed E-state index contributed by atoms with van der Waals surface area (Å²) in [6.45, 7) is 7.95. The van der Waals surface area contributed by atoms with Crippen molar-refractivity contribution in [3.05, 3.63) is 63.8 Å². The van der Waals surface area contributed by atoms with Crippen LogP contribution in [-0.4, -0.2) is 57.2 Å². The molecule has 180 valence electrons. The Morgan fingerprint density at radius 2 is 2.17 bits per heavy atom. The van der Waals surface area contributed by atoms with Crippen LogP contribution in [0.25, 0.3) is 22.0 Å². The van der Waals surface area contributed by atoms with Crippen molar-refractivity contribution < 1.29 is 9.50 Å². The third kappa shape index (κ3) is 4.00. The number of aromatic nitrogens is 2. The van der Waals surface area contributed by atoms with Crippen molar-refractivity contribution in [1.29, 1.82) is 5.26 Å². The summed E-state index contributed by atoms with van der Waals surface area (Å²) >= 11 is 8.42. The number of anilines is 1. The van der Waals surface area contributed by atoms with Crippen molar-refractivity contribution in [3.63, 3.8) is 0 Å². The van der Waals surface area contributed by atoms with E-state index in [-0.39, 0.29) is 17.3 Å². The highest BCUT2D eigenvalue weighted by molar-refractivity contribution is 7.99. The molecule has 0 saturated carbocycles. The summed E-state index contributed by atoms with van der Waals surface area (Å²) in [6.07, 6.45) is 0.776. The van der Waals surface area contributed by atoms with Crippen LogP contribution in [0.1, 0.15) is 12.5 Å². The predicted octanol–water partition coefficient (Wildman–Crippen LogP) is 3.85. The number of hydrogen-bond acceptors (Lipinski definition) is 7. The highest BCUT2D eigenvalue weighted by Crippen LogP contribution is 2.46. The lowest BCUT2D eigenvalue weighted by molar-refractivity contribution is 0.0296. The molecule has 10 heteroatoms. The summed E-state index contributed by atoms with van der Waals surface area (Å²) in [7, 11) is 0. The molecule has 0 spiro atoms.